The molecule has 2 aromatic carbocycles. The van der Waals surface area contributed by atoms with Crippen molar-refractivity contribution in [3.8, 4) is 0 Å². The Morgan fingerprint density at radius 2 is 1.76 bits per heavy atom. The number of hydrogen-bond donors (Lipinski definition) is 2. The van der Waals surface area contributed by atoms with Crippen LogP contribution >= 0.6 is 0 Å². The highest BCUT2D eigenvalue weighted by molar-refractivity contribution is 5.99. The number of fused-ring (bicyclic) bond motifs is 4. The number of nitrogens with one attached hydrogen (secondary N) is 2. The number of piperazine rings is 1. The number of carbonyl (C=O) groups is 2. The molecule has 0 radical (unpaired) electrons. The van der Waals surface area contributed by atoms with Gasteiger partial charge >= 0.3 is 0 Å². The highest BCUT2D eigenvalue weighted by Crippen LogP contribution is 2.42. The van der Waals surface area contributed by atoms with Gasteiger partial charge in [0.1, 0.15) is 12.1 Å². The fourth-order valence-corrected chi connectivity index (χ4v) is 4.89. The van der Waals surface area contributed by atoms with E-state index >= 15 is 0 Å². The van der Waals surface area contributed by atoms with Crippen molar-refractivity contribution in [1.82, 2.24) is 15.2 Å². The number of para-hydroxylation sites is 1. The second kappa shape index (κ2) is 6.76. The Morgan fingerprint density at radius 1 is 1.03 bits per heavy atom. The predicted molar refractivity (Wildman–Crippen MR) is 112 cm³/mol. The van der Waals surface area contributed by atoms with Crippen LogP contribution in [0, 0.1) is 5.92 Å². The minimum atomic E-state index is -0.483. The third kappa shape index (κ3) is 2.84. The van der Waals surface area contributed by atoms with Gasteiger partial charge in [0.15, 0.2) is 0 Å². The number of rotatable bonds is 3. The second-order valence-corrected chi connectivity index (χ2v) is 8.53. The summed E-state index contributed by atoms with van der Waals surface area (Å²) >= 11 is 0. The molecule has 5 heteroatoms. The van der Waals surface area contributed by atoms with Crippen molar-refractivity contribution in [2.75, 3.05) is 0 Å². The van der Waals surface area contributed by atoms with E-state index in [2.05, 4.69) is 36.3 Å². The Kier molecular flexibility index (Phi) is 4.19. The lowest BCUT2D eigenvalue weighted by Gasteiger charge is -2.46. The summed E-state index contributed by atoms with van der Waals surface area (Å²) in [4.78, 5) is 32.0. The number of nitrogens with zero attached hydrogens (tertiary/aromatic N) is 1. The number of benzene rings is 2. The monoisotopic (exact) mass is 387 g/mol. The number of H-pyrrole nitrogens is 1. The van der Waals surface area contributed by atoms with Crippen molar-refractivity contribution in [1.29, 1.82) is 0 Å². The average molecular weight is 387 g/mol. The average Bonchev–Trinajstić information content (AvgIpc) is 3.09. The van der Waals surface area contributed by atoms with Gasteiger partial charge in [0.05, 0.1) is 6.04 Å². The number of aromatic nitrogens is 1. The van der Waals surface area contributed by atoms with E-state index in [1.54, 1.807) is 0 Å². The van der Waals surface area contributed by atoms with Gasteiger partial charge in [-0.2, -0.15) is 0 Å². The van der Waals surface area contributed by atoms with Crippen LogP contribution < -0.4 is 5.32 Å². The molecule has 29 heavy (non-hydrogen) atoms. The van der Waals surface area contributed by atoms with Gasteiger partial charge in [-0.05, 0) is 29.5 Å². The Hall–Kier alpha value is -3.08. The third-order valence-electron chi connectivity index (χ3n) is 6.13. The molecule has 1 aromatic heterocycles. The van der Waals surface area contributed by atoms with Crippen LogP contribution in [0.5, 0.6) is 0 Å². The summed E-state index contributed by atoms with van der Waals surface area (Å²) in [6, 6.07) is 17.0. The molecule has 0 saturated carbocycles. The summed E-state index contributed by atoms with van der Waals surface area (Å²) in [6.07, 6.45) is 1.18. The van der Waals surface area contributed by atoms with Gasteiger partial charge in [0, 0.05) is 23.0 Å². The zero-order valence-corrected chi connectivity index (χ0v) is 16.7. The normalized spacial score (nSPS) is 23.8. The van der Waals surface area contributed by atoms with E-state index in [0.29, 0.717) is 18.8 Å². The first kappa shape index (κ1) is 18.0. The molecular formula is C24H25N3O2. The molecule has 0 bridgehead atoms. The molecule has 3 atom stereocenters. The second-order valence-electron chi connectivity index (χ2n) is 8.53. The van der Waals surface area contributed by atoms with Crippen LogP contribution in [0.3, 0.4) is 0 Å². The van der Waals surface area contributed by atoms with Gasteiger partial charge in [-0.1, -0.05) is 62.4 Å². The van der Waals surface area contributed by atoms with Crippen LogP contribution in [0.15, 0.2) is 54.6 Å². The maximum atomic E-state index is 13.5. The third-order valence-corrected chi connectivity index (χ3v) is 6.13. The Balaban J connectivity index is 1.70. The Morgan fingerprint density at radius 3 is 2.52 bits per heavy atom. The molecule has 2 amide bonds. The van der Waals surface area contributed by atoms with E-state index in [1.165, 1.54) is 0 Å². The molecule has 3 heterocycles. The van der Waals surface area contributed by atoms with Crippen molar-refractivity contribution >= 4 is 22.7 Å². The zero-order valence-electron chi connectivity index (χ0n) is 16.7. The molecule has 1 saturated heterocycles. The van der Waals surface area contributed by atoms with Gasteiger partial charge < -0.3 is 15.2 Å². The molecule has 148 valence electrons. The number of carbonyl (C=O) groups excluding carboxylic acids is 2. The van der Waals surface area contributed by atoms with E-state index in [4.69, 9.17) is 0 Å². The van der Waals surface area contributed by atoms with Crippen molar-refractivity contribution < 1.29 is 9.59 Å². The lowest BCUT2D eigenvalue weighted by molar-refractivity contribution is -0.152. The van der Waals surface area contributed by atoms with Crippen LogP contribution in [0.4, 0.5) is 0 Å². The molecule has 1 fully saturated rings. The van der Waals surface area contributed by atoms with E-state index < -0.39 is 12.1 Å². The zero-order chi connectivity index (χ0) is 20.1. The van der Waals surface area contributed by atoms with Crippen LogP contribution in [-0.4, -0.2) is 33.8 Å². The van der Waals surface area contributed by atoms with Gasteiger partial charge in [-0.25, -0.2) is 0 Å². The van der Waals surface area contributed by atoms with Crippen molar-refractivity contribution in [2.45, 2.75) is 44.8 Å². The van der Waals surface area contributed by atoms with Gasteiger partial charge in [0.25, 0.3) is 0 Å². The number of hydrogen-bond acceptors (Lipinski definition) is 2. The molecule has 2 aliphatic heterocycles. The molecule has 2 N–H and O–H groups in total. The SMILES string of the molecule is CC(C)C[C@@H]1NC(=O)[C@@H]2Cc3c([nH]c4ccccc34)C(c3ccccc3)N2C1=O. The number of amides is 2. The summed E-state index contributed by atoms with van der Waals surface area (Å²) in [7, 11) is 0. The van der Waals surface area contributed by atoms with E-state index in [9.17, 15) is 9.59 Å². The van der Waals surface area contributed by atoms with E-state index in [0.717, 1.165) is 27.7 Å². The predicted octanol–water partition coefficient (Wildman–Crippen LogP) is 3.56. The quantitative estimate of drug-likeness (QED) is 0.722. The summed E-state index contributed by atoms with van der Waals surface area (Å²) in [6.45, 7) is 4.15. The first-order valence-electron chi connectivity index (χ1n) is 10.3. The standard InChI is InChI=1S/C24H25N3O2/c1-14(2)12-19-24(29)27-20(23(28)26-19)13-17-16-10-6-7-11-18(16)25-21(17)22(27)15-8-4-3-5-9-15/h3-11,14,19-20,22,25H,12-13H2,1-2H3,(H,26,28)/t19-,20-,22?/m0/s1. The highest BCUT2D eigenvalue weighted by Gasteiger charge is 2.48. The van der Waals surface area contributed by atoms with E-state index in [1.807, 2.05) is 47.4 Å². The van der Waals surface area contributed by atoms with Gasteiger partial charge in [0.2, 0.25) is 11.8 Å². The molecular weight excluding hydrogens is 362 g/mol. The van der Waals surface area contributed by atoms with Crippen LogP contribution in [-0.2, 0) is 16.0 Å². The summed E-state index contributed by atoms with van der Waals surface area (Å²) < 4.78 is 0. The van der Waals surface area contributed by atoms with Crippen molar-refractivity contribution in [3.63, 3.8) is 0 Å². The minimum Gasteiger partial charge on any atom is -0.356 e. The Bertz CT molecular complexity index is 1090. The largest absolute Gasteiger partial charge is 0.356 e. The summed E-state index contributed by atoms with van der Waals surface area (Å²) in [5.74, 6) is 0.290. The fourth-order valence-electron chi connectivity index (χ4n) is 4.89. The minimum absolute atomic E-state index is 0.0152. The highest BCUT2D eigenvalue weighted by atomic mass is 16.2. The summed E-state index contributed by atoms with van der Waals surface area (Å²) in [5.41, 5.74) is 4.24. The topological polar surface area (TPSA) is 65.2 Å². The molecule has 5 nitrogen and oxygen atoms in total. The molecule has 1 unspecified atom stereocenters. The molecule has 3 aromatic rings. The van der Waals surface area contributed by atoms with Crippen LogP contribution in [0.1, 0.15) is 43.1 Å². The maximum Gasteiger partial charge on any atom is 0.246 e. The summed E-state index contributed by atoms with van der Waals surface area (Å²) in [5, 5.41) is 4.13. The molecule has 2 aliphatic rings. The van der Waals surface area contributed by atoms with Gasteiger partial charge in [-0.3, -0.25) is 9.59 Å². The lowest BCUT2D eigenvalue weighted by atomic mass is 9.85. The van der Waals surface area contributed by atoms with Crippen LogP contribution in [0.25, 0.3) is 10.9 Å². The van der Waals surface area contributed by atoms with Crippen LogP contribution in [0.2, 0.25) is 0 Å². The maximum absolute atomic E-state index is 13.5. The van der Waals surface area contributed by atoms with E-state index in [-0.39, 0.29) is 17.9 Å². The molecule has 0 spiro atoms. The van der Waals surface area contributed by atoms with Crippen molar-refractivity contribution in [3.05, 3.63) is 71.4 Å². The number of aromatic amines is 1. The smallest absolute Gasteiger partial charge is 0.246 e. The van der Waals surface area contributed by atoms with Crippen molar-refractivity contribution in [2.24, 2.45) is 5.92 Å². The molecule has 0 aliphatic carbocycles. The van der Waals surface area contributed by atoms with Gasteiger partial charge in [-0.15, -0.1) is 0 Å². The Labute approximate surface area is 170 Å². The lowest BCUT2D eigenvalue weighted by Crippen LogP contribution is -2.66. The molecule has 5 rings (SSSR count). The first-order chi connectivity index (χ1) is 14.0. The first-order valence-corrected chi connectivity index (χ1v) is 10.3. The fraction of sp³-hybridized carbons (Fsp3) is 0.333.